The molecule has 0 saturated carbocycles. The summed E-state index contributed by atoms with van der Waals surface area (Å²) in [5, 5.41) is 6.16. The van der Waals surface area contributed by atoms with Crippen molar-refractivity contribution in [3.8, 4) is 5.75 Å². The lowest BCUT2D eigenvalue weighted by Crippen LogP contribution is -2.38. The van der Waals surface area contributed by atoms with E-state index in [1.54, 1.807) is 6.92 Å². The maximum absolute atomic E-state index is 12.0. The highest BCUT2D eigenvalue weighted by Gasteiger charge is 2.18. The van der Waals surface area contributed by atoms with Crippen LogP contribution in [0.25, 0.3) is 0 Å². The first-order chi connectivity index (χ1) is 9.95. The Hall–Kier alpha value is -1.07. The van der Waals surface area contributed by atoms with Crippen LogP contribution in [0.3, 0.4) is 0 Å². The fraction of sp³-hybridized carbons (Fsp3) is 0.562. The van der Waals surface area contributed by atoms with Gasteiger partial charge in [0.15, 0.2) is 6.10 Å². The van der Waals surface area contributed by atoms with E-state index in [1.165, 1.54) is 0 Å². The van der Waals surface area contributed by atoms with Gasteiger partial charge < -0.3 is 15.4 Å². The van der Waals surface area contributed by atoms with Gasteiger partial charge in [0, 0.05) is 18.7 Å². The van der Waals surface area contributed by atoms with Gasteiger partial charge in [-0.25, -0.2) is 0 Å². The molecule has 5 heteroatoms. The lowest BCUT2D eigenvalue weighted by atomic mass is 10.2. The third kappa shape index (κ3) is 6.06. The number of para-hydroxylation sites is 1. The molecule has 2 N–H and O–H groups in total. The van der Waals surface area contributed by atoms with E-state index in [0.29, 0.717) is 19.0 Å². The Kier molecular flexibility index (Phi) is 7.75. The van der Waals surface area contributed by atoms with E-state index in [9.17, 15) is 4.79 Å². The zero-order valence-electron chi connectivity index (χ0n) is 13.2. The number of hydrogen-bond donors (Lipinski definition) is 2. The van der Waals surface area contributed by atoms with Crippen molar-refractivity contribution in [2.75, 3.05) is 13.1 Å². The summed E-state index contributed by atoms with van der Waals surface area (Å²) in [6, 6.07) is 5.89. The van der Waals surface area contributed by atoms with Gasteiger partial charge in [0.2, 0.25) is 0 Å². The number of halogens is 1. The molecule has 0 aliphatic carbocycles. The highest BCUT2D eigenvalue weighted by atomic mass is 79.9. The van der Waals surface area contributed by atoms with Gasteiger partial charge in [-0.1, -0.05) is 32.9 Å². The molecule has 1 amide bonds. The van der Waals surface area contributed by atoms with Gasteiger partial charge >= 0.3 is 0 Å². The normalized spacial score (nSPS) is 12.3. The molecule has 0 saturated heterocycles. The summed E-state index contributed by atoms with van der Waals surface area (Å²) in [5.41, 5.74) is 1.04. The number of benzene rings is 1. The molecule has 21 heavy (non-hydrogen) atoms. The molecule has 1 aromatic rings. The molecule has 0 aromatic heterocycles. The van der Waals surface area contributed by atoms with E-state index in [1.807, 2.05) is 18.2 Å². The molecule has 118 valence electrons. The van der Waals surface area contributed by atoms with Crippen molar-refractivity contribution in [2.45, 2.75) is 40.3 Å². The summed E-state index contributed by atoms with van der Waals surface area (Å²) in [5.74, 6) is 1.06. The van der Waals surface area contributed by atoms with Crippen molar-refractivity contribution in [1.29, 1.82) is 0 Å². The van der Waals surface area contributed by atoms with Gasteiger partial charge in [0.05, 0.1) is 4.47 Å². The number of amides is 1. The summed E-state index contributed by atoms with van der Waals surface area (Å²) in [6.45, 7) is 10.2. The van der Waals surface area contributed by atoms with Gasteiger partial charge in [0.25, 0.3) is 5.91 Å². The van der Waals surface area contributed by atoms with Crippen LogP contribution in [0.15, 0.2) is 22.7 Å². The van der Waals surface area contributed by atoms with Gasteiger partial charge in [0.1, 0.15) is 5.75 Å². The van der Waals surface area contributed by atoms with Crippen LogP contribution >= 0.6 is 15.9 Å². The van der Waals surface area contributed by atoms with E-state index in [4.69, 9.17) is 4.74 Å². The van der Waals surface area contributed by atoms with Crippen molar-refractivity contribution < 1.29 is 9.53 Å². The molecule has 1 atom stereocenters. The Morgan fingerprint density at radius 3 is 2.67 bits per heavy atom. The molecule has 0 aliphatic rings. The fourth-order valence-corrected chi connectivity index (χ4v) is 2.26. The van der Waals surface area contributed by atoms with Gasteiger partial charge in [-0.15, -0.1) is 0 Å². The number of nitrogens with one attached hydrogen (secondary N) is 2. The van der Waals surface area contributed by atoms with Crippen LogP contribution in [0.4, 0.5) is 0 Å². The predicted octanol–water partition coefficient (Wildman–Crippen LogP) is 3.10. The molecule has 1 aromatic carbocycles. The molecule has 0 radical (unpaired) electrons. The number of rotatable bonds is 8. The summed E-state index contributed by atoms with van der Waals surface area (Å²) in [7, 11) is 0. The second-order valence-electron chi connectivity index (χ2n) is 5.41. The lowest BCUT2D eigenvalue weighted by Gasteiger charge is -2.19. The first-order valence-electron chi connectivity index (χ1n) is 7.38. The molecule has 4 nitrogen and oxygen atoms in total. The SMILES string of the molecule is CCNCc1cccc(Br)c1OC(C)C(=O)NCC(C)C. The molecule has 1 unspecified atom stereocenters. The molecule has 1 rings (SSSR count). The van der Waals surface area contributed by atoms with E-state index < -0.39 is 6.10 Å². The number of ether oxygens (including phenoxy) is 1. The Bertz CT molecular complexity index is 464. The van der Waals surface area contributed by atoms with Crippen molar-refractivity contribution in [1.82, 2.24) is 10.6 Å². The summed E-state index contributed by atoms with van der Waals surface area (Å²) >= 11 is 3.49. The average Bonchev–Trinajstić information content (AvgIpc) is 2.45. The third-order valence-corrected chi connectivity index (χ3v) is 3.59. The molecule has 0 aliphatic heterocycles. The minimum atomic E-state index is -0.525. The number of carbonyl (C=O) groups excluding carboxylic acids is 1. The van der Waals surface area contributed by atoms with Gasteiger partial charge in [-0.3, -0.25) is 4.79 Å². The van der Waals surface area contributed by atoms with Crippen LogP contribution in [0.5, 0.6) is 5.75 Å². The molecular weight excluding hydrogens is 332 g/mol. The van der Waals surface area contributed by atoms with E-state index in [0.717, 1.165) is 22.3 Å². The van der Waals surface area contributed by atoms with Crippen molar-refractivity contribution in [3.05, 3.63) is 28.2 Å². The Morgan fingerprint density at radius 1 is 1.33 bits per heavy atom. The second kappa shape index (κ2) is 9.05. The quantitative estimate of drug-likeness (QED) is 0.752. The van der Waals surface area contributed by atoms with Crippen molar-refractivity contribution in [3.63, 3.8) is 0 Å². The zero-order chi connectivity index (χ0) is 15.8. The summed E-state index contributed by atoms with van der Waals surface area (Å²) < 4.78 is 6.73. The van der Waals surface area contributed by atoms with Crippen LogP contribution in [-0.4, -0.2) is 25.1 Å². The minimum absolute atomic E-state index is 0.0890. The number of carbonyl (C=O) groups is 1. The first kappa shape index (κ1) is 18.0. The Labute approximate surface area is 135 Å². The van der Waals surface area contributed by atoms with E-state index >= 15 is 0 Å². The fourth-order valence-electron chi connectivity index (χ4n) is 1.76. The number of hydrogen-bond acceptors (Lipinski definition) is 3. The summed E-state index contributed by atoms with van der Waals surface area (Å²) in [4.78, 5) is 12.0. The topological polar surface area (TPSA) is 50.4 Å². The zero-order valence-corrected chi connectivity index (χ0v) is 14.8. The first-order valence-corrected chi connectivity index (χ1v) is 8.17. The maximum Gasteiger partial charge on any atom is 0.260 e. The highest BCUT2D eigenvalue weighted by Crippen LogP contribution is 2.30. The van der Waals surface area contributed by atoms with Crippen molar-refractivity contribution >= 4 is 21.8 Å². The maximum atomic E-state index is 12.0. The third-order valence-electron chi connectivity index (χ3n) is 2.96. The smallest absolute Gasteiger partial charge is 0.260 e. The Balaban J connectivity index is 2.74. The van der Waals surface area contributed by atoms with Crippen LogP contribution in [0.2, 0.25) is 0 Å². The highest BCUT2D eigenvalue weighted by molar-refractivity contribution is 9.10. The minimum Gasteiger partial charge on any atom is -0.479 e. The van der Waals surface area contributed by atoms with Crippen molar-refractivity contribution in [2.24, 2.45) is 5.92 Å². The largest absolute Gasteiger partial charge is 0.479 e. The lowest BCUT2D eigenvalue weighted by molar-refractivity contribution is -0.127. The van der Waals surface area contributed by atoms with Crippen LogP contribution < -0.4 is 15.4 Å². The predicted molar refractivity (Wildman–Crippen MR) is 89.5 cm³/mol. The average molecular weight is 357 g/mol. The molecule has 0 spiro atoms. The van der Waals surface area contributed by atoms with Gasteiger partial charge in [-0.2, -0.15) is 0 Å². The standard InChI is InChI=1S/C16H25BrN2O2/c1-5-18-10-13-7-6-8-14(17)15(13)21-12(4)16(20)19-9-11(2)3/h6-8,11-12,18H,5,9-10H2,1-4H3,(H,19,20). The molecule has 0 heterocycles. The molecular formula is C16H25BrN2O2. The van der Waals surface area contributed by atoms with E-state index in [-0.39, 0.29) is 5.91 Å². The van der Waals surface area contributed by atoms with Crippen LogP contribution in [0.1, 0.15) is 33.3 Å². The molecule has 0 bridgehead atoms. The van der Waals surface area contributed by atoms with Crippen LogP contribution in [-0.2, 0) is 11.3 Å². The van der Waals surface area contributed by atoms with E-state index in [2.05, 4.69) is 47.3 Å². The van der Waals surface area contributed by atoms with Crippen LogP contribution in [0, 0.1) is 5.92 Å². The Morgan fingerprint density at radius 2 is 2.05 bits per heavy atom. The monoisotopic (exact) mass is 356 g/mol. The second-order valence-corrected chi connectivity index (χ2v) is 6.26. The van der Waals surface area contributed by atoms with Gasteiger partial charge in [-0.05, 0) is 41.4 Å². The summed E-state index contributed by atoms with van der Waals surface area (Å²) in [6.07, 6.45) is -0.525. The molecule has 0 fully saturated rings.